The molecule has 5 heteroatoms. The van der Waals surface area contributed by atoms with Gasteiger partial charge in [0.1, 0.15) is 0 Å². The molecular formula is C34H54N2O3. The van der Waals surface area contributed by atoms with Crippen LogP contribution in [-0.4, -0.2) is 48.6 Å². The first-order valence-electron chi connectivity index (χ1n) is 16.1. The zero-order valence-electron chi connectivity index (χ0n) is 25.9. The van der Waals surface area contributed by atoms with E-state index in [2.05, 4.69) is 64.8 Å². The van der Waals surface area contributed by atoms with Crippen LogP contribution in [0.4, 0.5) is 0 Å². The molecule has 0 bridgehead atoms. The highest BCUT2D eigenvalue weighted by Crippen LogP contribution is 2.74. The summed E-state index contributed by atoms with van der Waals surface area (Å²) in [6, 6.07) is 0. The van der Waals surface area contributed by atoms with Crippen molar-refractivity contribution in [3.05, 3.63) is 11.6 Å². The van der Waals surface area contributed by atoms with Crippen molar-refractivity contribution in [3.63, 3.8) is 0 Å². The number of ether oxygens (including phenoxy) is 1. The topological polar surface area (TPSA) is 58.6 Å². The molecule has 7 atom stereocenters. The van der Waals surface area contributed by atoms with Crippen molar-refractivity contribution in [2.45, 2.75) is 118 Å². The van der Waals surface area contributed by atoms with Crippen LogP contribution >= 0.6 is 0 Å². The summed E-state index contributed by atoms with van der Waals surface area (Å²) in [4.78, 5) is 29.4. The van der Waals surface area contributed by atoms with E-state index >= 15 is 0 Å². The van der Waals surface area contributed by atoms with Crippen LogP contribution in [0, 0.1) is 44.8 Å². The Bertz CT molecular complexity index is 1070. The van der Waals surface area contributed by atoms with Gasteiger partial charge < -0.3 is 15.0 Å². The van der Waals surface area contributed by atoms with E-state index < -0.39 is 0 Å². The first-order valence-corrected chi connectivity index (χ1v) is 16.1. The lowest BCUT2D eigenvalue weighted by Gasteiger charge is -2.70. The fraction of sp³-hybridized carbons (Fsp3) is 0.882. The smallest absolute Gasteiger partial charge is 0.229 e. The number of carbonyl (C=O) groups excluding carboxylic acids is 2. The van der Waals surface area contributed by atoms with Crippen LogP contribution in [0.5, 0.6) is 0 Å². The van der Waals surface area contributed by atoms with Crippen molar-refractivity contribution in [2.24, 2.45) is 44.8 Å². The summed E-state index contributed by atoms with van der Waals surface area (Å²) in [5.74, 6) is 2.04. The second-order valence-electron chi connectivity index (χ2n) is 16.5. The molecule has 218 valence electrons. The average molecular weight is 539 g/mol. The lowest BCUT2D eigenvalue weighted by atomic mass is 9.35. The molecule has 3 saturated carbocycles. The Balaban J connectivity index is 1.42. The molecule has 1 unspecified atom stereocenters. The van der Waals surface area contributed by atoms with E-state index in [0.29, 0.717) is 43.3 Å². The molecule has 6 aliphatic rings. The Kier molecular flexibility index (Phi) is 6.29. The fourth-order valence-corrected chi connectivity index (χ4v) is 11.5. The minimum absolute atomic E-state index is 0.102. The van der Waals surface area contributed by atoms with Crippen LogP contribution < -0.4 is 5.32 Å². The summed E-state index contributed by atoms with van der Waals surface area (Å²) in [7, 11) is 0. The minimum Gasteiger partial charge on any atom is -0.378 e. The molecule has 0 radical (unpaired) electrons. The second-order valence-corrected chi connectivity index (χ2v) is 16.5. The van der Waals surface area contributed by atoms with Crippen molar-refractivity contribution < 1.29 is 14.3 Å². The number of amides is 2. The quantitative estimate of drug-likeness (QED) is 0.387. The van der Waals surface area contributed by atoms with Gasteiger partial charge in [0.05, 0.1) is 18.6 Å². The fourth-order valence-electron chi connectivity index (χ4n) is 11.5. The van der Waals surface area contributed by atoms with E-state index in [4.69, 9.17) is 4.74 Å². The molecule has 4 aliphatic carbocycles. The molecular weight excluding hydrogens is 484 g/mol. The maximum atomic E-state index is 14.4. The summed E-state index contributed by atoms with van der Waals surface area (Å²) in [6.45, 7) is 20.0. The monoisotopic (exact) mass is 538 g/mol. The van der Waals surface area contributed by atoms with E-state index in [0.717, 1.165) is 58.0 Å². The number of morpholine rings is 1. The Morgan fingerprint density at radius 2 is 1.62 bits per heavy atom. The van der Waals surface area contributed by atoms with Crippen molar-refractivity contribution >= 4 is 11.8 Å². The van der Waals surface area contributed by atoms with Gasteiger partial charge in [-0.2, -0.15) is 0 Å². The summed E-state index contributed by atoms with van der Waals surface area (Å²) >= 11 is 0. The van der Waals surface area contributed by atoms with Gasteiger partial charge in [0.15, 0.2) is 0 Å². The third kappa shape index (κ3) is 3.87. The Labute approximate surface area is 237 Å². The number of nitrogens with zero attached hydrogens (tertiary/aromatic N) is 1. The van der Waals surface area contributed by atoms with E-state index in [1.165, 1.54) is 12.8 Å². The van der Waals surface area contributed by atoms with Gasteiger partial charge in [-0.1, -0.05) is 46.3 Å². The molecule has 0 aromatic heterocycles. The zero-order chi connectivity index (χ0) is 28.1. The van der Waals surface area contributed by atoms with E-state index in [1.54, 1.807) is 5.57 Å². The minimum atomic E-state index is -0.247. The zero-order valence-corrected chi connectivity index (χ0v) is 25.9. The first-order chi connectivity index (χ1) is 18.2. The number of nitrogens with one attached hydrogen (secondary N) is 1. The van der Waals surface area contributed by atoms with Gasteiger partial charge in [0.2, 0.25) is 11.8 Å². The van der Waals surface area contributed by atoms with E-state index in [9.17, 15) is 9.59 Å². The largest absolute Gasteiger partial charge is 0.378 e. The van der Waals surface area contributed by atoms with Crippen LogP contribution in [0.2, 0.25) is 0 Å². The average Bonchev–Trinajstić information content (AvgIpc) is 2.96. The SMILES string of the molecule is CC1(C)CC[C@]2(C(=O)N3CCOCC3)CC[C@]3(C)C(=CC[C@@H]4[C@@]5(C)CCC(=O)NC(C)(C)[C@@H]5CC[C@]43C)C2C1. The van der Waals surface area contributed by atoms with Gasteiger partial charge in [-0.05, 0) is 111 Å². The normalized spacial score (nSPS) is 46.8. The van der Waals surface area contributed by atoms with Crippen LogP contribution in [-0.2, 0) is 14.3 Å². The van der Waals surface area contributed by atoms with Crippen LogP contribution in [0.3, 0.4) is 0 Å². The van der Waals surface area contributed by atoms with Crippen LogP contribution in [0.25, 0.3) is 0 Å². The summed E-state index contributed by atoms with van der Waals surface area (Å²) in [5.41, 5.74) is 1.89. The highest BCUT2D eigenvalue weighted by atomic mass is 16.5. The Morgan fingerprint density at radius 1 is 0.923 bits per heavy atom. The maximum absolute atomic E-state index is 14.4. The number of hydrogen-bond donors (Lipinski definition) is 1. The standard InChI is InChI=1S/C34H54N2O3/c1-29(2)14-16-34(28(38)36-18-20-39-21-19-36)17-15-32(6)23(24(34)22-29)8-9-26-31(5)12-11-27(37)35-30(3,4)25(31)10-13-33(26,32)7/h8,24-26H,9-22H2,1-7H3,(H,35,37)/t24?,25-,26+,31-,32+,33+,34-/m0/s1. The Hall–Kier alpha value is -1.36. The van der Waals surface area contributed by atoms with Gasteiger partial charge >= 0.3 is 0 Å². The van der Waals surface area contributed by atoms with Gasteiger partial charge in [-0.25, -0.2) is 0 Å². The van der Waals surface area contributed by atoms with Crippen molar-refractivity contribution in [2.75, 3.05) is 26.3 Å². The Morgan fingerprint density at radius 3 is 2.33 bits per heavy atom. The summed E-state index contributed by atoms with van der Waals surface area (Å²) < 4.78 is 5.63. The summed E-state index contributed by atoms with van der Waals surface area (Å²) in [5, 5.41) is 3.41. The van der Waals surface area contributed by atoms with Gasteiger partial charge in [0.25, 0.3) is 0 Å². The third-order valence-electron chi connectivity index (χ3n) is 13.9. The molecule has 6 rings (SSSR count). The lowest BCUT2D eigenvalue weighted by molar-refractivity contribution is -0.173. The molecule has 0 aromatic rings. The van der Waals surface area contributed by atoms with E-state index in [-0.39, 0.29) is 38.5 Å². The third-order valence-corrected chi connectivity index (χ3v) is 13.9. The predicted molar refractivity (Wildman–Crippen MR) is 155 cm³/mol. The van der Waals surface area contributed by atoms with E-state index in [1.807, 2.05) is 0 Å². The van der Waals surface area contributed by atoms with Crippen molar-refractivity contribution in [1.82, 2.24) is 10.2 Å². The second kappa shape index (κ2) is 8.82. The lowest BCUT2D eigenvalue weighted by Crippen LogP contribution is -2.65. The number of allylic oxidation sites excluding steroid dienone is 2. The molecule has 2 aliphatic heterocycles. The molecule has 5 nitrogen and oxygen atoms in total. The van der Waals surface area contributed by atoms with Crippen LogP contribution in [0.1, 0.15) is 113 Å². The molecule has 1 N–H and O–H groups in total. The highest BCUT2D eigenvalue weighted by molar-refractivity contribution is 5.84. The number of carbonyl (C=O) groups is 2. The maximum Gasteiger partial charge on any atom is 0.229 e. The van der Waals surface area contributed by atoms with Gasteiger partial charge in [-0.15, -0.1) is 0 Å². The molecule has 39 heavy (non-hydrogen) atoms. The number of fused-ring (bicyclic) bond motifs is 7. The predicted octanol–water partition coefficient (Wildman–Crippen LogP) is 6.52. The van der Waals surface area contributed by atoms with Crippen molar-refractivity contribution in [1.29, 1.82) is 0 Å². The molecule has 0 spiro atoms. The molecule has 0 aromatic carbocycles. The van der Waals surface area contributed by atoms with Crippen molar-refractivity contribution in [3.8, 4) is 0 Å². The van der Waals surface area contributed by atoms with Gasteiger partial charge in [-0.3, -0.25) is 9.59 Å². The molecule has 5 fully saturated rings. The number of hydrogen-bond acceptors (Lipinski definition) is 3. The molecule has 2 heterocycles. The van der Waals surface area contributed by atoms with Gasteiger partial charge in [0, 0.05) is 25.0 Å². The first kappa shape index (κ1) is 27.8. The molecule has 2 saturated heterocycles. The highest BCUT2D eigenvalue weighted by Gasteiger charge is 2.68. The van der Waals surface area contributed by atoms with Crippen LogP contribution in [0.15, 0.2) is 11.6 Å². The summed E-state index contributed by atoms with van der Waals surface area (Å²) in [6.07, 6.45) is 13.2. The molecule has 2 amide bonds. The number of rotatable bonds is 1.